The topological polar surface area (TPSA) is 67.3 Å². The molecule has 2 aliphatic rings. The van der Waals surface area contributed by atoms with Crippen molar-refractivity contribution in [2.75, 3.05) is 13.7 Å². The number of nitrogens with zero attached hydrogens (tertiary/aromatic N) is 3. The molecule has 1 saturated carbocycles. The lowest BCUT2D eigenvalue weighted by atomic mass is 9.99. The lowest BCUT2D eigenvalue weighted by molar-refractivity contribution is 0.0918. The average molecular weight is 338 g/mol. The van der Waals surface area contributed by atoms with E-state index in [9.17, 15) is 4.79 Å². The maximum atomic E-state index is 12.5. The van der Waals surface area contributed by atoms with Gasteiger partial charge in [-0.2, -0.15) is 0 Å². The highest BCUT2D eigenvalue weighted by Gasteiger charge is 2.43. The lowest BCUT2D eigenvalue weighted by Gasteiger charge is -2.29. The molecule has 4 rings (SSSR count). The Morgan fingerprint density at radius 2 is 2.16 bits per heavy atom. The van der Waals surface area contributed by atoms with Crippen LogP contribution < -0.4 is 10.1 Å². The number of hydrogen-bond acceptors (Lipinski definition) is 5. The normalized spacial score (nSPS) is 23.4. The van der Waals surface area contributed by atoms with Gasteiger partial charge in [0.05, 0.1) is 25.4 Å². The van der Waals surface area contributed by atoms with E-state index in [1.165, 1.54) is 24.6 Å². The minimum atomic E-state index is -0.163. The number of rotatable bonds is 5. The number of nitrogens with one attached hydrogen (secondary N) is 1. The van der Waals surface area contributed by atoms with E-state index >= 15 is 0 Å². The van der Waals surface area contributed by atoms with Crippen molar-refractivity contribution in [3.63, 3.8) is 0 Å². The molecule has 1 aromatic heterocycles. The summed E-state index contributed by atoms with van der Waals surface area (Å²) in [4.78, 5) is 23.1. The van der Waals surface area contributed by atoms with Gasteiger partial charge in [-0.15, -0.1) is 0 Å². The zero-order valence-electron chi connectivity index (χ0n) is 14.3. The van der Waals surface area contributed by atoms with Gasteiger partial charge in [0.1, 0.15) is 11.4 Å². The monoisotopic (exact) mass is 338 g/mol. The van der Waals surface area contributed by atoms with Crippen molar-refractivity contribution in [1.29, 1.82) is 0 Å². The van der Waals surface area contributed by atoms with Crippen LogP contribution in [0.1, 0.15) is 41.4 Å². The first-order valence-corrected chi connectivity index (χ1v) is 8.73. The van der Waals surface area contributed by atoms with Crippen LogP contribution in [0.5, 0.6) is 5.75 Å². The van der Waals surface area contributed by atoms with Crippen LogP contribution in [0.4, 0.5) is 0 Å². The molecule has 2 unspecified atom stereocenters. The van der Waals surface area contributed by atoms with E-state index in [4.69, 9.17) is 4.74 Å². The Bertz CT molecular complexity index is 748. The van der Waals surface area contributed by atoms with Crippen molar-refractivity contribution in [3.05, 3.63) is 54.1 Å². The second-order valence-electron chi connectivity index (χ2n) is 6.65. The molecule has 1 aliphatic heterocycles. The van der Waals surface area contributed by atoms with Gasteiger partial charge < -0.3 is 10.1 Å². The fourth-order valence-corrected chi connectivity index (χ4v) is 3.69. The van der Waals surface area contributed by atoms with E-state index in [1.54, 1.807) is 19.5 Å². The van der Waals surface area contributed by atoms with Gasteiger partial charge in [-0.1, -0.05) is 12.1 Å². The first kappa shape index (κ1) is 16.0. The third-order valence-corrected chi connectivity index (χ3v) is 5.00. The Morgan fingerprint density at radius 1 is 1.28 bits per heavy atom. The molecule has 1 N–H and O–H groups in total. The number of likely N-dealkylation sites (tertiary alicyclic amines) is 1. The summed E-state index contributed by atoms with van der Waals surface area (Å²) in [6.07, 6.45) is 8.03. The number of aromatic nitrogens is 2. The maximum absolute atomic E-state index is 12.5. The predicted molar refractivity (Wildman–Crippen MR) is 93.4 cm³/mol. The second-order valence-corrected chi connectivity index (χ2v) is 6.65. The highest BCUT2D eigenvalue weighted by atomic mass is 16.5. The van der Waals surface area contributed by atoms with E-state index in [2.05, 4.69) is 32.3 Å². The molecular formula is C19H22N4O2. The van der Waals surface area contributed by atoms with Crippen molar-refractivity contribution in [2.45, 2.75) is 37.4 Å². The van der Waals surface area contributed by atoms with E-state index < -0.39 is 0 Å². The quantitative estimate of drug-likeness (QED) is 0.905. The largest absolute Gasteiger partial charge is 0.497 e. The molecule has 1 amide bonds. The maximum Gasteiger partial charge on any atom is 0.271 e. The summed E-state index contributed by atoms with van der Waals surface area (Å²) < 4.78 is 5.39. The van der Waals surface area contributed by atoms with E-state index in [0.717, 1.165) is 18.7 Å². The molecule has 0 radical (unpaired) electrons. The number of benzene rings is 1. The number of amides is 1. The molecule has 130 valence electrons. The van der Waals surface area contributed by atoms with Crippen LogP contribution in [0, 0.1) is 0 Å². The summed E-state index contributed by atoms with van der Waals surface area (Å²) in [5, 5.41) is 3.17. The number of carbonyl (C=O) groups excluding carboxylic acids is 1. The molecule has 2 aromatic rings. The minimum absolute atomic E-state index is 0.0576. The smallest absolute Gasteiger partial charge is 0.271 e. The highest BCUT2D eigenvalue weighted by Crippen LogP contribution is 2.41. The van der Waals surface area contributed by atoms with Crippen molar-refractivity contribution < 1.29 is 9.53 Å². The third-order valence-electron chi connectivity index (χ3n) is 5.00. The van der Waals surface area contributed by atoms with Gasteiger partial charge in [0.2, 0.25) is 0 Å². The average Bonchev–Trinajstić information content (AvgIpc) is 3.43. The van der Waals surface area contributed by atoms with Crippen molar-refractivity contribution in [1.82, 2.24) is 20.2 Å². The van der Waals surface area contributed by atoms with Gasteiger partial charge in [0, 0.05) is 25.0 Å². The summed E-state index contributed by atoms with van der Waals surface area (Å²) in [6, 6.07) is 9.02. The molecule has 2 fully saturated rings. The third kappa shape index (κ3) is 3.35. The molecule has 1 aromatic carbocycles. The van der Waals surface area contributed by atoms with Gasteiger partial charge in [0.15, 0.2) is 0 Å². The fourth-order valence-electron chi connectivity index (χ4n) is 3.69. The Morgan fingerprint density at radius 3 is 2.88 bits per heavy atom. The van der Waals surface area contributed by atoms with Gasteiger partial charge in [-0.05, 0) is 37.0 Å². The molecule has 6 heteroatoms. The van der Waals surface area contributed by atoms with Gasteiger partial charge in [-0.25, -0.2) is 4.98 Å². The standard InChI is InChI=1S/C19H22N4O2/c1-25-15-4-2-3-13(11-15)18-16(7-10-23(18)14-5-6-14)22-19(24)17-12-20-8-9-21-17/h2-4,8-9,11-12,14,16,18H,5-7,10H2,1H3,(H,22,24). The van der Waals surface area contributed by atoms with Gasteiger partial charge in [0.25, 0.3) is 5.91 Å². The summed E-state index contributed by atoms with van der Waals surface area (Å²) >= 11 is 0. The number of ether oxygens (including phenoxy) is 1. The van der Waals surface area contributed by atoms with Crippen LogP contribution in [-0.2, 0) is 0 Å². The predicted octanol–water partition coefficient (Wildman–Crippen LogP) is 2.19. The zero-order valence-corrected chi connectivity index (χ0v) is 14.3. The van der Waals surface area contributed by atoms with Crippen LogP contribution in [0.25, 0.3) is 0 Å². The number of carbonyl (C=O) groups is 1. The molecule has 1 aliphatic carbocycles. The SMILES string of the molecule is COc1cccc(C2C(NC(=O)c3cnccn3)CCN2C2CC2)c1. The van der Waals surface area contributed by atoms with Crippen molar-refractivity contribution in [2.24, 2.45) is 0 Å². The first-order valence-electron chi connectivity index (χ1n) is 8.73. The number of methoxy groups -OCH3 is 1. The Labute approximate surface area is 147 Å². The summed E-state index contributed by atoms with van der Waals surface area (Å²) in [6.45, 7) is 0.998. The Kier molecular flexibility index (Phi) is 4.36. The van der Waals surface area contributed by atoms with E-state index in [0.29, 0.717) is 11.7 Å². The fraction of sp³-hybridized carbons (Fsp3) is 0.421. The van der Waals surface area contributed by atoms with Crippen LogP contribution in [0.3, 0.4) is 0 Å². The minimum Gasteiger partial charge on any atom is -0.497 e. The van der Waals surface area contributed by atoms with Crippen LogP contribution in [0.2, 0.25) is 0 Å². The molecule has 2 atom stereocenters. The molecule has 0 spiro atoms. The summed E-state index contributed by atoms with van der Waals surface area (Å²) in [7, 11) is 1.68. The second kappa shape index (κ2) is 6.80. The molecule has 6 nitrogen and oxygen atoms in total. The van der Waals surface area contributed by atoms with E-state index in [1.807, 2.05) is 12.1 Å². The first-order chi connectivity index (χ1) is 12.3. The van der Waals surface area contributed by atoms with Gasteiger partial charge in [-0.3, -0.25) is 14.7 Å². The molecular weight excluding hydrogens is 316 g/mol. The Hall–Kier alpha value is -2.47. The molecule has 0 bridgehead atoms. The zero-order chi connectivity index (χ0) is 17.2. The summed E-state index contributed by atoms with van der Waals surface area (Å²) in [5.74, 6) is 0.683. The van der Waals surface area contributed by atoms with E-state index in [-0.39, 0.29) is 18.0 Å². The highest BCUT2D eigenvalue weighted by molar-refractivity contribution is 5.92. The molecule has 25 heavy (non-hydrogen) atoms. The van der Waals surface area contributed by atoms with Gasteiger partial charge >= 0.3 is 0 Å². The van der Waals surface area contributed by atoms with Crippen molar-refractivity contribution >= 4 is 5.91 Å². The number of hydrogen-bond donors (Lipinski definition) is 1. The molecule has 1 saturated heterocycles. The van der Waals surface area contributed by atoms with Crippen LogP contribution in [-0.4, -0.2) is 46.5 Å². The Balaban J connectivity index is 1.58. The molecule has 2 heterocycles. The van der Waals surface area contributed by atoms with Crippen LogP contribution in [0.15, 0.2) is 42.9 Å². The van der Waals surface area contributed by atoms with Crippen molar-refractivity contribution in [3.8, 4) is 5.75 Å². The summed E-state index contributed by atoms with van der Waals surface area (Å²) in [5.41, 5.74) is 1.55. The lowest BCUT2D eigenvalue weighted by Crippen LogP contribution is -2.40. The van der Waals surface area contributed by atoms with Crippen LogP contribution >= 0.6 is 0 Å².